The Morgan fingerprint density at radius 3 is 2.23 bits per heavy atom. The fourth-order valence-electron chi connectivity index (χ4n) is 6.38. The highest BCUT2D eigenvalue weighted by Gasteiger charge is 2.50. The molecule has 2 aliphatic heterocycles. The minimum Gasteiger partial charge on any atom is -0.465 e. The molecule has 2 fully saturated rings. The van der Waals surface area contributed by atoms with Crippen LogP contribution in [0.1, 0.15) is 68.9 Å². The summed E-state index contributed by atoms with van der Waals surface area (Å²) in [5.74, 6) is -2.31. The average molecular weight is 653 g/mol. The van der Waals surface area contributed by atoms with Crippen molar-refractivity contribution in [3.8, 4) is 11.3 Å². The number of amides is 3. The van der Waals surface area contributed by atoms with E-state index >= 15 is 0 Å². The number of pyridine rings is 2. The number of carbonyl (C=O) groups excluding carboxylic acids is 5. The zero-order valence-electron chi connectivity index (χ0n) is 27.3. The van der Waals surface area contributed by atoms with Crippen LogP contribution in [0.2, 0.25) is 0 Å². The van der Waals surface area contributed by atoms with E-state index in [1.165, 1.54) is 38.7 Å². The topological polar surface area (TPSA) is 164 Å². The van der Waals surface area contributed by atoms with Gasteiger partial charge in [-0.25, -0.2) is 14.6 Å². The molecular formula is C35H36N6O7. The Balaban J connectivity index is 1.18. The molecule has 13 heteroatoms. The van der Waals surface area contributed by atoms with Crippen LogP contribution in [0.25, 0.3) is 22.2 Å². The predicted molar refractivity (Wildman–Crippen MR) is 174 cm³/mol. The van der Waals surface area contributed by atoms with Crippen LogP contribution in [0, 0.1) is 5.41 Å². The van der Waals surface area contributed by atoms with Crippen molar-refractivity contribution in [3.05, 3.63) is 83.4 Å². The van der Waals surface area contributed by atoms with Gasteiger partial charge < -0.3 is 29.6 Å². The van der Waals surface area contributed by atoms with Crippen LogP contribution in [-0.2, 0) is 14.3 Å². The molecule has 3 atom stereocenters. The summed E-state index contributed by atoms with van der Waals surface area (Å²) in [6.45, 7) is 6.24. The van der Waals surface area contributed by atoms with Gasteiger partial charge >= 0.3 is 11.9 Å². The number of likely N-dealkylation sites (tertiary alicyclic amines) is 2. The van der Waals surface area contributed by atoms with Gasteiger partial charge in [0.25, 0.3) is 11.8 Å². The summed E-state index contributed by atoms with van der Waals surface area (Å²) in [5.41, 5.74) is 1.65. The van der Waals surface area contributed by atoms with Crippen LogP contribution in [0.5, 0.6) is 0 Å². The van der Waals surface area contributed by atoms with Crippen LogP contribution in [-0.4, -0.2) is 99.8 Å². The van der Waals surface area contributed by atoms with E-state index in [1.54, 1.807) is 21.9 Å². The molecule has 2 aliphatic rings. The number of nitrogens with zero attached hydrogens (tertiary/aromatic N) is 4. The van der Waals surface area contributed by atoms with Gasteiger partial charge in [0, 0.05) is 41.9 Å². The summed E-state index contributed by atoms with van der Waals surface area (Å²) in [6, 6.07) is 12.6. The number of H-pyrrole nitrogens is 1. The highest BCUT2D eigenvalue weighted by molar-refractivity contribution is 6.05. The molecule has 2 saturated heterocycles. The standard InChI is InChI=1S/C35H36N6O7/c1-35(2,3)29(39-30(42)27-13-19-8-6-7-9-26(19)38-27)32(44)41-18-22-14-23(41)17-40(22)31(43)28-24(34(46)48-5)12-21(16-37-28)25-11-10-20(15-36-25)33(45)47-4/h6-13,15-16,22-23,29,38H,14,17-18H2,1-5H3,(H,39,42)/t22-,23-,29+/m0/s1. The summed E-state index contributed by atoms with van der Waals surface area (Å²) in [7, 11) is 2.49. The van der Waals surface area contributed by atoms with Crippen molar-refractivity contribution in [2.24, 2.45) is 5.41 Å². The number of benzene rings is 1. The van der Waals surface area contributed by atoms with Gasteiger partial charge in [-0.15, -0.1) is 0 Å². The van der Waals surface area contributed by atoms with Gasteiger partial charge in [0.2, 0.25) is 5.91 Å². The minimum atomic E-state index is -0.810. The summed E-state index contributed by atoms with van der Waals surface area (Å²) in [4.78, 5) is 80.9. The molecule has 0 saturated carbocycles. The smallest absolute Gasteiger partial charge is 0.340 e. The fourth-order valence-corrected chi connectivity index (χ4v) is 6.38. The minimum absolute atomic E-state index is 0.0259. The number of rotatable bonds is 7. The summed E-state index contributed by atoms with van der Waals surface area (Å²) in [5, 5.41) is 3.85. The fraction of sp³-hybridized carbons (Fsp3) is 0.343. The van der Waals surface area contributed by atoms with Gasteiger partial charge in [0.1, 0.15) is 17.4 Å². The van der Waals surface area contributed by atoms with E-state index in [9.17, 15) is 24.0 Å². The molecule has 6 rings (SSSR count). The van der Waals surface area contributed by atoms with Crippen LogP contribution >= 0.6 is 0 Å². The molecule has 0 aliphatic carbocycles. The van der Waals surface area contributed by atoms with E-state index in [-0.39, 0.29) is 53.8 Å². The highest BCUT2D eigenvalue weighted by atomic mass is 16.5. The van der Waals surface area contributed by atoms with Crippen molar-refractivity contribution in [1.29, 1.82) is 0 Å². The summed E-state index contributed by atoms with van der Waals surface area (Å²) < 4.78 is 9.69. The number of esters is 2. The Morgan fingerprint density at radius 2 is 1.60 bits per heavy atom. The van der Waals surface area contributed by atoms with E-state index in [0.717, 1.165) is 10.9 Å². The maximum Gasteiger partial charge on any atom is 0.340 e. The number of fused-ring (bicyclic) bond motifs is 3. The number of carbonyl (C=O) groups is 5. The molecule has 2 bridgehead atoms. The van der Waals surface area contributed by atoms with E-state index in [2.05, 4.69) is 20.3 Å². The van der Waals surface area contributed by atoms with Crippen molar-refractivity contribution in [1.82, 2.24) is 30.1 Å². The molecule has 248 valence electrons. The molecule has 1 aromatic carbocycles. The van der Waals surface area contributed by atoms with E-state index in [4.69, 9.17) is 9.47 Å². The van der Waals surface area contributed by atoms with Gasteiger partial charge in [-0.1, -0.05) is 39.0 Å². The van der Waals surface area contributed by atoms with Crippen molar-refractivity contribution in [2.75, 3.05) is 27.3 Å². The first kappa shape index (κ1) is 32.4. The van der Waals surface area contributed by atoms with E-state index < -0.39 is 29.3 Å². The number of nitrogens with one attached hydrogen (secondary N) is 2. The number of piperazine rings is 1. The lowest BCUT2D eigenvalue weighted by Crippen LogP contribution is -2.59. The third kappa shape index (κ3) is 5.98. The van der Waals surface area contributed by atoms with Gasteiger partial charge in [-0.2, -0.15) is 0 Å². The van der Waals surface area contributed by atoms with Crippen LogP contribution < -0.4 is 5.32 Å². The largest absolute Gasteiger partial charge is 0.465 e. The molecule has 5 heterocycles. The Hall–Kier alpha value is -5.59. The number of hydrogen-bond acceptors (Lipinski definition) is 9. The predicted octanol–water partition coefficient (Wildman–Crippen LogP) is 3.47. The molecule has 0 radical (unpaired) electrons. The van der Waals surface area contributed by atoms with Gasteiger partial charge in [-0.3, -0.25) is 19.4 Å². The third-order valence-electron chi connectivity index (χ3n) is 8.92. The summed E-state index contributed by atoms with van der Waals surface area (Å²) >= 11 is 0. The van der Waals surface area contributed by atoms with E-state index in [0.29, 0.717) is 23.4 Å². The third-order valence-corrected chi connectivity index (χ3v) is 8.92. The van der Waals surface area contributed by atoms with Crippen molar-refractivity contribution in [3.63, 3.8) is 0 Å². The number of aromatic nitrogens is 3. The number of ether oxygens (including phenoxy) is 2. The monoisotopic (exact) mass is 652 g/mol. The molecule has 3 aromatic heterocycles. The maximum absolute atomic E-state index is 14.0. The lowest BCUT2D eigenvalue weighted by molar-refractivity contribution is -0.138. The highest BCUT2D eigenvalue weighted by Crippen LogP contribution is 2.35. The number of aromatic amines is 1. The van der Waals surface area contributed by atoms with Gasteiger partial charge in [0.15, 0.2) is 0 Å². The number of hydrogen-bond donors (Lipinski definition) is 2. The number of para-hydroxylation sites is 1. The lowest BCUT2D eigenvalue weighted by Gasteiger charge is -2.39. The molecule has 13 nitrogen and oxygen atoms in total. The summed E-state index contributed by atoms with van der Waals surface area (Å²) in [6.07, 6.45) is 3.35. The quantitative estimate of drug-likeness (QED) is 0.285. The Bertz CT molecular complexity index is 1900. The van der Waals surface area contributed by atoms with Crippen molar-refractivity contribution >= 4 is 40.6 Å². The van der Waals surface area contributed by atoms with Gasteiger partial charge in [-0.05, 0) is 42.2 Å². The molecule has 2 N–H and O–H groups in total. The molecule has 0 spiro atoms. The zero-order valence-corrected chi connectivity index (χ0v) is 27.3. The van der Waals surface area contributed by atoms with E-state index in [1.807, 2.05) is 45.0 Å². The molecule has 0 unspecified atom stereocenters. The number of methoxy groups -OCH3 is 2. The first-order chi connectivity index (χ1) is 22.9. The second kappa shape index (κ2) is 12.5. The van der Waals surface area contributed by atoms with Crippen LogP contribution in [0.15, 0.2) is 60.9 Å². The molecule has 48 heavy (non-hydrogen) atoms. The average Bonchev–Trinajstić information content (AvgIpc) is 3.83. The van der Waals surface area contributed by atoms with Crippen LogP contribution in [0.4, 0.5) is 0 Å². The Labute approximate surface area is 276 Å². The zero-order chi connectivity index (χ0) is 34.3. The first-order valence-electron chi connectivity index (χ1n) is 15.5. The van der Waals surface area contributed by atoms with Gasteiger partial charge in [0.05, 0.1) is 43.1 Å². The maximum atomic E-state index is 14.0. The van der Waals surface area contributed by atoms with Crippen LogP contribution in [0.3, 0.4) is 0 Å². The first-order valence-corrected chi connectivity index (χ1v) is 15.5. The molecule has 4 aromatic rings. The second-order valence-electron chi connectivity index (χ2n) is 13.1. The Morgan fingerprint density at radius 1 is 0.896 bits per heavy atom. The van der Waals surface area contributed by atoms with Crippen molar-refractivity contribution in [2.45, 2.75) is 45.3 Å². The Kier molecular flexibility index (Phi) is 8.46. The normalized spacial score (nSPS) is 17.7. The molecule has 3 amide bonds. The second-order valence-corrected chi connectivity index (χ2v) is 13.1. The van der Waals surface area contributed by atoms with Crippen molar-refractivity contribution < 1.29 is 33.4 Å². The SMILES string of the molecule is COC(=O)c1ccc(-c2cnc(C(=O)N3C[C@@H]4C[C@H]3CN4C(=O)[C@@H](NC(=O)c3cc4ccccc4[nH]3)C(C)(C)C)c(C(=O)OC)c2)nc1. The lowest BCUT2D eigenvalue weighted by atomic mass is 9.85. The molecular weight excluding hydrogens is 616 g/mol.